The normalized spacial score (nSPS) is 25.7. The van der Waals surface area contributed by atoms with Crippen LogP contribution in [-0.2, 0) is 34.2 Å². The first-order chi connectivity index (χ1) is 23.8. The molecule has 296 valence electrons. The van der Waals surface area contributed by atoms with Gasteiger partial charge in [0, 0.05) is 77.2 Å². The number of Topliss-reactive ketones (excluding diaryl/α,β-unsaturated/α-hetero) is 4. The molecule has 4 rings (SSSR count). The van der Waals surface area contributed by atoms with E-state index in [1.165, 1.54) is 25.4 Å². The van der Waals surface area contributed by atoms with E-state index in [0.29, 0.717) is 25.8 Å². The van der Waals surface area contributed by atoms with Crippen LogP contribution in [0, 0.1) is 50.7 Å². The third kappa shape index (κ3) is 8.02. The van der Waals surface area contributed by atoms with Crippen LogP contribution in [0.5, 0.6) is 0 Å². The highest BCUT2D eigenvalue weighted by Crippen LogP contribution is 2.88. The van der Waals surface area contributed by atoms with Gasteiger partial charge < -0.3 is 4.90 Å². The fraction of sp³-hybridized carbons (Fsp3) is 0.878. The van der Waals surface area contributed by atoms with Crippen molar-refractivity contribution in [2.24, 2.45) is 50.7 Å². The van der Waals surface area contributed by atoms with E-state index in [1.54, 1.807) is 4.90 Å². The van der Waals surface area contributed by atoms with Crippen LogP contribution in [0.2, 0.25) is 0 Å². The molecule has 2 spiro atoms. The molecule has 5 atom stereocenters. The predicted molar refractivity (Wildman–Crippen MR) is 203 cm³/mol. The predicted octanol–water partition coefficient (Wildman–Crippen LogP) is 6.51. The van der Waals surface area contributed by atoms with Crippen LogP contribution in [0.1, 0.15) is 139 Å². The van der Waals surface area contributed by atoms with Crippen LogP contribution in [-0.4, -0.2) is 91.2 Å². The van der Waals surface area contributed by atoms with Crippen molar-refractivity contribution in [3.8, 4) is 0 Å². The van der Waals surface area contributed by atoms with Gasteiger partial charge in [0.15, 0.2) is 11.6 Å². The van der Waals surface area contributed by atoms with Crippen LogP contribution < -0.4 is 0 Å². The molecule has 0 aromatic carbocycles. The van der Waals surface area contributed by atoms with Crippen molar-refractivity contribution in [3.05, 3.63) is 0 Å². The Bertz CT molecular complexity index is 1510. The standard InChI is InChI=1S/C41H69N3O7S/c1-13-15-28(35(48)34(47)20-27-16-17-27)21-33(46)32-24-41(39(8,9)40(41)18-14-19-40)26-44(32)36(49)31(38(5,6)7)23-30(45)22-29(37(2,3)4)25-43(12)52(50,51)42(10)11/h27-29,31-32H,13-26H2,1-12H3/t28?,29-,31-,32+,41-/m1/s1. The fourth-order valence-electron chi connectivity index (χ4n) is 9.96. The molecular weight excluding hydrogens is 679 g/mol. The molecule has 0 aromatic heterocycles. The van der Waals surface area contributed by atoms with E-state index >= 15 is 0 Å². The average Bonchev–Trinajstić information content (AvgIpc) is 3.82. The fourth-order valence-corrected chi connectivity index (χ4v) is 10.9. The number of rotatable bonds is 18. The summed E-state index contributed by atoms with van der Waals surface area (Å²) in [5.74, 6) is -2.63. The Morgan fingerprint density at radius 2 is 1.46 bits per heavy atom. The molecule has 4 aliphatic rings. The maximum atomic E-state index is 14.9. The van der Waals surface area contributed by atoms with E-state index in [1.807, 2.05) is 48.5 Å². The van der Waals surface area contributed by atoms with Gasteiger partial charge in [-0.3, -0.25) is 24.0 Å². The smallest absolute Gasteiger partial charge is 0.281 e. The lowest BCUT2D eigenvalue weighted by Gasteiger charge is -2.37. The second-order valence-corrected chi connectivity index (χ2v) is 22.2. The molecule has 0 aromatic rings. The Morgan fingerprint density at radius 3 is 1.90 bits per heavy atom. The molecule has 3 saturated carbocycles. The van der Waals surface area contributed by atoms with Crippen LogP contribution in [0.4, 0.5) is 0 Å². The lowest BCUT2D eigenvalue weighted by molar-refractivity contribution is -0.147. The molecule has 0 bridgehead atoms. The Labute approximate surface area is 314 Å². The number of hydrogen-bond acceptors (Lipinski definition) is 7. The first kappa shape index (κ1) is 42.8. The molecule has 3 aliphatic carbocycles. The van der Waals surface area contributed by atoms with Gasteiger partial charge in [0.2, 0.25) is 11.7 Å². The molecule has 0 radical (unpaired) electrons. The van der Waals surface area contributed by atoms with E-state index in [4.69, 9.17) is 0 Å². The minimum absolute atomic E-state index is 0.00931. The van der Waals surface area contributed by atoms with E-state index in [0.717, 1.165) is 36.4 Å². The second-order valence-electron chi connectivity index (χ2n) is 19.9. The summed E-state index contributed by atoms with van der Waals surface area (Å²) in [5, 5.41) is 0. The monoisotopic (exact) mass is 747 g/mol. The number of carbonyl (C=O) groups excluding carboxylic acids is 5. The van der Waals surface area contributed by atoms with Gasteiger partial charge in [-0.05, 0) is 72.0 Å². The summed E-state index contributed by atoms with van der Waals surface area (Å²) in [6.45, 7) is 19.0. The second kappa shape index (κ2) is 14.9. The number of amides is 1. The van der Waals surface area contributed by atoms with Gasteiger partial charge >= 0.3 is 0 Å². The van der Waals surface area contributed by atoms with Gasteiger partial charge in [-0.25, -0.2) is 0 Å². The number of hydrogen-bond donors (Lipinski definition) is 0. The lowest BCUT2D eigenvalue weighted by atomic mass is 9.73. The molecule has 1 heterocycles. The molecular formula is C41H69N3O7S. The Kier molecular flexibility index (Phi) is 12.3. The Hall–Kier alpha value is -1.98. The first-order valence-corrected chi connectivity index (χ1v) is 21.2. The Morgan fingerprint density at radius 1 is 0.865 bits per heavy atom. The summed E-state index contributed by atoms with van der Waals surface area (Å²) >= 11 is 0. The largest absolute Gasteiger partial charge is 0.332 e. The van der Waals surface area contributed by atoms with Crippen molar-refractivity contribution in [2.75, 3.05) is 34.2 Å². The van der Waals surface area contributed by atoms with E-state index in [9.17, 15) is 32.4 Å². The summed E-state index contributed by atoms with van der Waals surface area (Å²) in [6.07, 6.45) is 7.24. The third-order valence-electron chi connectivity index (χ3n) is 14.2. The van der Waals surface area contributed by atoms with Crippen LogP contribution in [0.25, 0.3) is 0 Å². The van der Waals surface area contributed by atoms with Crippen molar-refractivity contribution in [1.29, 1.82) is 0 Å². The number of likely N-dealkylation sites (tertiary alicyclic amines) is 1. The Balaban J connectivity index is 1.60. The maximum Gasteiger partial charge on any atom is 0.281 e. The van der Waals surface area contributed by atoms with Gasteiger partial charge in [-0.2, -0.15) is 17.0 Å². The zero-order chi connectivity index (χ0) is 39.4. The van der Waals surface area contributed by atoms with Crippen molar-refractivity contribution in [2.45, 2.75) is 145 Å². The van der Waals surface area contributed by atoms with Crippen LogP contribution in [0.15, 0.2) is 0 Å². The summed E-state index contributed by atoms with van der Waals surface area (Å²) in [5.41, 5.74) is -1.14. The molecule has 0 N–H and O–H groups in total. The van der Waals surface area contributed by atoms with Gasteiger partial charge in [0.25, 0.3) is 10.2 Å². The number of ketones is 4. The summed E-state index contributed by atoms with van der Waals surface area (Å²) < 4.78 is 28.2. The van der Waals surface area contributed by atoms with Gasteiger partial charge in [-0.1, -0.05) is 75.2 Å². The third-order valence-corrected chi connectivity index (χ3v) is 16.0. The van der Waals surface area contributed by atoms with Gasteiger partial charge in [-0.15, -0.1) is 0 Å². The minimum atomic E-state index is -3.68. The molecule has 1 unspecified atom stereocenters. The van der Waals surface area contributed by atoms with Crippen LogP contribution in [0.3, 0.4) is 0 Å². The van der Waals surface area contributed by atoms with E-state index in [2.05, 4.69) is 13.8 Å². The minimum Gasteiger partial charge on any atom is -0.332 e. The zero-order valence-corrected chi connectivity index (χ0v) is 35.2. The highest BCUT2D eigenvalue weighted by molar-refractivity contribution is 7.86. The topological polar surface area (TPSA) is 129 Å². The molecule has 11 heteroatoms. The summed E-state index contributed by atoms with van der Waals surface area (Å²) in [4.78, 5) is 71.5. The molecule has 10 nitrogen and oxygen atoms in total. The van der Waals surface area contributed by atoms with Gasteiger partial charge in [0.1, 0.15) is 5.78 Å². The highest BCUT2D eigenvalue weighted by atomic mass is 32.2. The number of fused-ring (bicyclic) bond motifs is 1. The molecule has 1 amide bonds. The summed E-state index contributed by atoms with van der Waals surface area (Å²) in [6, 6.07) is -0.704. The highest BCUT2D eigenvalue weighted by Gasteiger charge is 2.85. The van der Waals surface area contributed by atoms with Crippen molar-refractivity contribution >= 4 is 39.2 Å². The molecule has 4 fully saturated rings. The molecule has 1 aliphatic heterocycles. The zero-order valence-electron chi connectivity index (χ0n) is 34.4. The average molecular weight is 748 g/mol. The van der Waals surface area contributed by atoms with Crippen molar-refractivity contribution in [3.63, 3.8) is 0 Å². The molecule has 1 saturated heterocycles. The van der Waals surface area contributed by atoms with Crippen molar-refractivity contribution < 1.29 is 32.4 Å². The number of carbonyl (C=O) groups is 5. The maximum absolute atomic E-state index is 14.9. The molecule has 52 heavy (non-hydrogen) atoms. The van der Waals surface area contributed by atoms with Crippen molar-refractivity contribution in [1.82, 2.24) is 13.5 Å². The SMILES string of the molecule is CCCC(CC(=O)[C@@H]1C[C@@]2(CN1C(=O)[C@@H](CC(=O)C[C@H](CN(C)S(=O)(=O)N(C)C)C(C)(C)C)C(C)(C)C)C(C)(C)C21CCC1)C(=O)C(=O)CC1CC1. The first-order valence-electron chi connectivity index (χ1n) is 19.8. The van der Waals surface area contributed by atoms with E-state index < -0.39 is 39.3 Å². The van der Waals surface area contributed by atoms with E-state index in [-0.39, 0.29) is 89.0 Å². The van der Waals surface area contributed by atoms with Gasteiger partial charge in [0.05, 0.1) is 6.04 Å². The number of nitrogens with zero attached hydrogens (tertiary/aromatic N) is 3. The lowest BCUT2D eigenvalue weighted by Crippen LogP contribution is -2.48. The summed E-state index contributed by atoms with van der Waals surface area (Å²) in [7, 11) is 0.809. The van der Waals surface area contributed by atoms with Crippen LogP contribution >= 0.6 is 0 Å². The quantitative estimate of drug-likeness (QED) is 0.146.